The molecule has 2 unspecified atom stereocenters. The Labute approximate surface area is 263 Å². The predicted molar refractivity (Wildman–Crippen MR) is 55.1 cm³/mol. The van der Waals surface area contributed by atoms with E-state index in [0.717, 1.165) is 0 Å². The summed E-state index contributed by atoms with van der Waals surface area (Å²) in [6, 6.07) is 0. The van der Waals surface area contributed by atoms with E-state index in [2.05, 4.69) is 8.67 Å². The summed E-state index contributed by atoms with van der Waals surface area (Å²) in [6.07, 6.45) is 0. The van der Waals surface area contributed by atoms with E-state index in [1.807, 2.05) is 0 Å². The van der Waals surface area contributed by atoms with Crippen molar-refractivity contribution < 1.29 is 214 Å². The average molecular weight is 598 g/mol. The fourth-order valence-electron chi connectivity index (χ4n) is 0.0680. The van der Waals surface area contributed by atoms with Crippen LogP contribution >= 0.6 is 0 Å². The zero-order valence-corrected chi connectivity index (χ0v) is 27.0. The maximum Gasteiger partial charge on any atom is 2.00 e. The van der Waals surface area contributed by atoms with Crippen LogP contribution in [0.4, 0.5) is 0 Å². The third-order valence-electron chi connectivity index (χ3n) is 0.194. The van der Waals surface area contributed by atoms with E-state index in [-0.39, 0.29) is 135 Å². The summed E-state index contributed by atoms with van der Waals surface area (Å²) in [7, 11) is -15.8. The Morgan fingerprint density at radius 1 is 0.607 bits per heavy atom. The van der Waals surface area contributed by atoms with Crippen molar-refractivity contribution in [3.63, 3.8) is 0 Å². The van der Waals surface area contributed by atoms with Crippen molar-refractivity contribution in [3.05, 3.63) is 0 Å². The molecule has 0 aliphatic rings. The molecular formula is H2FeNa4O18S5. The molecule has 2 atom stereocenters. The van der Waals surface area contributed by atoms with Gasteiger partial charge in [0.2, 0.25) is 20.8 Å². The third kappa shape index (κ3) is 204. The Morgan fingerprint density at radius 3 is 0.714 bits per heavy atom. The van der Waals surface area contributed by atoms with Gasteiger partial charge in [-0.15, -0.1) is 8.67 Å². The molecule has 0 bridgehead atoms. The maximum absolute atomic E-state index is 9.37. The van der Waals surface area contributed by atoms with Crippen LogP contribution in [0.15, 0.2) is 0 Å². The predicted octanol–water partition coefficient (Wildman–Crippen LogP) is -16.8. The first-order valence-electron chi connectivity index (χ1n) is 3.20. The largest absolute Gasteiger partial charge is 2.00 e. The quantitative estimate of drug-likeness (QED) is 0.0760. The summed E-state index contributed by atoms with van der Waals surface area (Å²) in [5.41, 5.74) is 0. The molecule has 0 aromatic rings. The minimum atomic E-state index is -5.31. The van der Waals surface area contributed by atoms with Gasteiger partial charge in [-0.25, -0.2) is 25.3 Å². The van der Waals surface area contributed by atoms with Gasteiger partial charge < -0.3 is 36.4 Å². The zero-order valence-electron chi connectivity index (χ0n) is 13.8. The van der Waals surface area contributed by atoms with Crippen LogP contribution in [0.25, 0.3) is 0 Å². The van der Waals surface area contributed by atoms with E-state index in [1.165, 1.54) is 0 Å². The first-order chi connectivity index (χ1) is 9.67. The molecule has 0 rings (SSSR count). The van der Waals surface area contributed by atoms with Crippen molar-refractivity contribution in [1.29, 1.82) is 0 Å². The van der Waals surface area contributed by atoms with Crippen LogP contribution in [0.3, 0.4) is 0 Å². The molecule has 0 aliphatic carbocycles. The fourth-order valence-corrected chi connectivity index (χ4v) is 0.612. The molecule has 0 aromatic carbocycles. The summed E-state index contributed by atoms with van der Waals surface area (Å²) < 4.78 is 144. The first-order valence-corrected chi connectivity index (χ1v) is 9.26. The Morgan fingerprint density at radius 2 is 0.679 bits per heavy atom. The number of hydrogen-bond acceptors (Lipinski definition) is 16. The van der Waals surface area contributed by atoms with Gasteiger partial charge in [-0.05, 0) is 0 Å². The summed E-state index contributed by atoms with van der Waals surface area (Å²) in [6.45, 7) is 0. The average Bonchev–Trinajstić information content (AvgIpc) is 2.07. The van der Waals surface area contributed by atoms with E-state index >= 15 is 0 Å². The molecule has 0 fully saturated rings. The second-order valence-electron chi connectivity index (χ2n) is 1.80. The second-order valence-corrected chi connectivity index (χ2v) is 5.39. The zero-order chi connectivity index (χ0) is 20.1. The SMILES string of the molecule is O=S(=O)([O-])OOS(=O)(=O)[O-].O=S(=O)([O-])[O-].O=S([O-])O.O=S([O-])O.[Fe+2].[Na+].[Na+].[Na+].[Na+]. The molecule has 0 amide bonds. The fraction of sp³-hybridized carbons (Fsp3) is 0. The van der Waals surface area contributed by atoms with Crippen LogP contribution in [0.5, 0.6) is 0 Å². The Bertz CT molecular complexity index is 588. The van der Waals surface area contributed by atoms with Gasteiger partial charge in [0.15, 0.2) is 0 Å². The van der Waals surface area contributed by atoms with Gasteiger partial charge in [-0.3, -0.25) is 8.42 Å². The molecule has 0 saturated carbocycles. The molecule has 0 heterocycles. The summed E-state index contributed by atoms with van der Waals surface area (Å²) in [4.78, 5) is 0. The van der Waals surface area contributed by atoms with E-state index in [4.69, 9.17) is 44.2 Å². The summed E-state index contributed by atoms with van der Waals surface area (Å²) >= 11 is -5.72. The maximum atomic E-state index is 9.37. The minimum Gasteiger partial charge on any atom is -0.759 e. The number of rotatable bonds is 3. The van der Waals surface area contributed by atoms with Gasteiger partial charge in [-0.1, -0.05) is 0 Å². The van der Waals surface area contributed by atoms with Crippen LogP contribution in [0, 0.1) is 0 Å². The van der Waals surface area contributed by atoms with E-state index in [1.54, 1.807) is 0 Å². The Kier molecular flexibility index (Phi) is 65.1. The monoisotopic (exact) mass is 598 g/mol. The molecule has 0 aliphatic heterocycles. The van der Waals surface area contributed by atoms with Crippen molar-refractivity contribution >= 4 is 53.9 Å². The van der Waals surface area contributed by atoms with E-state index in [0.29, 0.717) is 0 Å². The van der Waals surface area contributed by atoms with Crippen molar-refractivity contribution in [1.82, 2.24) is 0 Å². The normalized spacial score (nSPS) is 11.3. The van der Waals surface area contributed by atoms with E-state index < -0.39 is 53.9 Å². The van der Waals surface area contributed by atoms with Crippen LogP contribution in [0.2, 0.25) is 0 Å². The molecule has 0 radical (unpaired) electrons. The molecule has 28 heavy (non-hydrogen) atoms. The second kappa shape index (κ2) is 31.3. The van der Waals surface area contributed by atoms with Crippen LogP contribution < -0.4 is 118 Å². The minimum absolute atomic E-state index is 0. The van der Waals surface area contributed by atoms with Crippen molar-refractivity contribution in [2.24, 2.45) is 0 Å². The molecule has 0 saturated heterocycles. The molecule has 18 nitrogen and oxygen atoms in total. The van der Waals surface area contributed by atoms with Crippen LogP contribution in [-0.4, -0.2) is 70.1 Å². The molecule has 0 aromatic heterocycles. The van der Waals surface area contributed by atoms with Crippen molar-refractivity contribution in [3.8, 4) is 0 Å². The van der Waals surface area contributed by atoms with Gasteiger partial charge in [0.05, 0.1) is 22.7 Å². The molecule has 152 valence electrons. The Hall–Kier alpha value is 4.27. The first kappa shape index (κ1) is 58.3. The topological polar surface area (TPSA) is 334 Å². The smallest absolute Gasteiger partial charge is 0.759 e. The van der Waals surface area contributed by atoms with Crippen LogP contribution in [-0.2, 0) is 79.7 Å². The van der Waals surface area contributed by atoms with Gasteiger partial charge in [-0.2, -0.15) is 0 Å². The van der Waals surface area contributed by atoms with Gasteiger partial charge in [0.25, 0.3) is 0 Å². The van der Waals surface area contributed by atoms with Crippen LogP contribution in [0.1, 0.15) is 0 Å². The molecule has 2 N–H and O–H groups in total. The number of hydrogen-bond donors (Lipinski definition) is 2. The van der Waals surface area contributed by atoms with Crippen molar-refractivity contribution in [2.45, 2.75) is 0 Å². The van der Waals surface area contributed by atoms with Crippen molar-refractivity contribution in [2.75, 3.05) is 0 Å². The van der Waals surface area contributed by atoms with Gasteiger partial charge in [0.1, 0.15) is 0 Å². The Balaban J connectivity index is -0.0000000251. The molecular weight excluding hydrogens is 596 g/mol. The van der Waals surface area contributed by atoms with E-state index in [9.17, 15) is 25.9 Å². The standard InChI is InChI=1S/Fe.4Na.H2O8S2.H2O4S.2H2O3S/c;;;;;1-9(2,3)7-8-10(4,5)6;1-5(2,3)4;2*1-4(2)3/h;;;;;(H,1,2,3)(H,4,5,6);(H2,1,2,3,4);2*(H2,1,2,3)/q+2;4*+1;;;;/p-6. The molecule has 28 heteroatoms. The summed E-state index contributed by atoms with van der Waals surface area (Å²) in [5.74, 6) is 0. The third-order valence-corrected chi connectivity index (χ3v) is 0.750. The van der Waals surface area contributed by atoms with Gasteiger partial charge >= 0.3 is 135 Å². The van der Waals surface area contributed by atoms with Gasteiger partial charge in [0, 0.05) is 10.4 Å². The summed E-state index contributed by atoms with van der Waals surface area (Å²) in [5, 5.41) is 0. The molecule has 0 spiro atoms.